The van der Waals surface area contributed by atoms with Crippen molar-refractivity contribution in [3.8, 4) is 17.2 Å². The molecule has 2 heterocycles. The molecule has 0 saturated carbocycles. The molecule has 1 aromatic carbocycles. The van der Waals surface area contributed by atoms with Gasteiger partial charge in [0.25, 0.3) is 5.91 Å². The number of benzene rings is 1. The fourth-order valence-corrected chi connectivity index (χ4v) is 3.38. The van der Waals surface area contributed by atoms with E-state index in [-0.39, 0.29) is 11.9 Å². The Kier molecular flexibility index (Phi) is 6.25. The van der Waals surface area contributed by atoms with E-state index in [1.807, 2.05) is 36.6 Å². The Hall–Kier alpha value is -2.94. The lowest BCUT2D eigenvalue weighted by Gasteiger charge is -2.18. The lowest BCUT2D eigenvalue weighted by atomic mass is 10.1. The van der Waals surface area contributed by atoms with Crippen molar-refractivity contribution in [3.05, 3.63) is 46.4 Å². The second-order valence-corrected chi connectivity index (χ2v) is 7.62. The van der Waals surface area contributed by atoms with Crippen LogP contribution in [0.25, 0.3) is 5.69 Å². The van der Waals surface area contributed by atoms with Crippen LogP contribution in [0, 0.1) is 5.92 Å². The lowest BCUT2D eigenvalue weighted by Crippen LogP contribution is -2.26. The van der Waals surface area contributed by atoms with E-state index in [0.717, 1.165) is 5.56 Å². The number of carbonyl (C=O) groups is 1. The van der Waals surface area contributed by atoms with Gasteiger partial charge in [0.05, 0.1) is 25.4 Å². The van der Waals surface area contributed by atoms with Crippen LogP contribution in [0.5, 0.6) is 11.5 Å². The van der Waals surface area contributed by atoms with E-state index in [4.69, 9.17) is 9.47 Å². The summed E-state index contributed by atoms with van der Waals surface area (Å²) in [6.07, 6.45) is 1.46. The molecule has 0 saturated heterocycles. The summed E-state index contributed by atoms with van der Waals surface area (Å²) in [5.41, 5.74) is 1.57. The molecule has 1 amide bonds. The number of ether oxygens (including phenoxy) is 2. The molecule has 0 aliphatic carbocycles. The van der Waals surface area contributed by atoms with E-state index in [0.29, 0.717) is 34.6 Å². The van der Waals surface area contributed by atoms with Gasteiger partial charge in [-0.1, -0.05) is 19.9 Å². The van der Waals surface area contributed by atoms with E-state index in [2.05, 4.69) is 34.7 Å². The van der Waals surface area contributed by atoms with Gasteiger partial charge in [0, 0.05) is 0 Å². The van der Waals surface area contributed by atoms with Crippen molar-refractivity contribution in [2.45, 2.75) is 26.8 Å². The van der Waals surface area contributed by atoms with Gasteiger partial charge in [0.15, 0.2) is 11.5 Å². The van der Waals surface area contributed by atoms with Crippen LogP contribution in [-0.2, 0) is 0 Å². The molecule has 8 nitrogen and oxygen atoms in total. The Bertz CT molecular complexity index is 924. The van der Waals surface area contributed by atoms with Crippen LogP contribution in [-0.4, -0.2) is 39.8 Å². The molecule has 1 N–H and O–H groups in total. The van der Waals surface area contributed by atoms with Crippen LogP contribution < -0.4 is 14.8 Å². The van der Waals surface area contributed by atoms with Crippen molar-refractivity contribution in [2.24, 2.45) is 5.92 Å². The van der Waals surface area contributed by atoms with E-state index in [1.165, 1.54) is 22.3 Å². The van der Waals surface area contributed by atoms with Crippen LogP contribution in [0.3, 0.4) is 0 Å². The van der Waals surface area contributed by atoms with Crippen LogP contribution >= 0.6 is 11.3 Å². The monoisotopic (exact) mass is 401 g/mol. The topological polar surface area (TPSA) is 91.2 Å². The maximum atomic E-state index is 12.8. The summed E-state index contributed by atoms with van der Waals surface area (Å²) in [4.78, 5) is 13.3. The Labute approximate surface area is 167 Å². The molecular formula is C19H23N5O3S. The van der Waals surface area contributed by atoms with Gasteiger partial charge in [0.2, 0.25) is 0 Å². The zero-order valence-corrected chi connectivity index (χ0v) is 17.1. The highest BCUT2D eigenvalue weighted by Gasteiger charge is 2.19. The van der Waals surface area contributed by atoms with Gasteiger partial charge in [-0.15, -0.1) is 16.4 Å². The summed E-state index contributed by atoms with van der Waals surface area (Å²) in [7, 11) is 1.61. The van der Waals surface area contributed by atoms with Gasteiger partial charge < -0.3 is 14.8 Å². The highest BCUT2D eigenvalue weighted by atomic mass is 32.1. The van der Waals surface area contributed by atoms with E-state index in [1.54, 1.807) is 7.11 Å². The zero-order valence-electron chi connectivity index (χ0n) is 16.2. The van der Waals surface area contributed by atoms with E-state index < -0.39 is 0 Å². The molecule has 3 rings (SSSR count). The highest BCUT2D eigenvalue weighted by Crippen LogP contribution is 2.31. The van der Waals surface area contributed by atoms with Crippen molar-refractivity contribution in [1.29, 1.82) is 0 Å². The molecule has 3 aromatic rings. The standard InChI is InChI=1S/C19H23N5O3S/c1-12(2)10-27-16-6-5-14(9-17(16)26-4)13(3)21-19(25)18-15(7-8-28-18)24-11-20-22-23-24/h5-9,11-13H,10H2,1-4H3,(H,21,25). The third-order valence-corrected chi connectivity index (χ3v) is 4.96. The van der Waals surface area contributed by atoms with Gasteiger partial charge in [-0.05, 0) is 52.4 Å². The fourth-order valence-electron chi connectivity index (χ4n) is 2.60. The number of hydrogen-bond donors (Lipinski definition) is 1. The first-order valence-corrected chi connectivity index (χ1v) is 9.80. The van der Waals surface area contributed by atoms with E-state index >= 15 is 0 Å². The average Bonchev–Trinajstić information content (AvgIpc) is 3.37. The van der Waals surface area contributed by atoms with Gasteiger partial charge in [-0.25, -0.2) is 0 Å². The molecule has 2 aromatic heterocycles. The number of nitrogens with zero attached hydrogens (tertiary/aromatic N) is 4. The molecule has 0 radical (unpaired) electrons. The summed E-state index contributed by atoms with van der Waals surface area (Å²) in [6, 6.07) is 7.28. The first-order chi connectivity index (χ1) is 13.5. The Balaban J connectivity index is 1.73. The molecule has 28 heavy (non-hydrogen) atoms. The number of nitrogens with one attached hydrogen (secondary N) is 1. The second kappa shape index (κ2) is 8.83. The molecule has 1 atom stereocenters. The van der Waals surface area contributed by atoms with E-state index in [9.17, 15) is 4.79 Å². The highest BCUT2D eigenvalue weighted by molar-refractivity contribution is 7.12. The van der Waals surface area contributed by atoms with Gasteiger partial charge in [0.1, 0.15) is 11.2 Å². The van der Waals surface area contributed by atoms with Gasteiger partial charge in [-0.2, -0.15) is 4.68 Å². The van der Waals surface area contributed by atoms with Crippen molar-refractivity contribution in [2.75, 3.05) is 13.7 Å². The number of carbonyl (C=O) groups excluding carboxylic acids is 1. The summed E-state index contributed by atoms with van der Waals surface area (Å²) < 4.78 is 12.7. The largest absolute Gasteiger partial charge is 0.493 e. The predicted octanol–water partition coefficient (Wildman–Crippen LogP) is 3.26. The second-order valence-electron chi connectivity index (χ2n) is 6.70. The third kappa shape index (κ3) is 4.48. The average molecular weight is 401 g/mol. The minimum absolute atomic E-state index is 0.188. The summed E-state index contributed by atoms with van der Waals surface area (Å²) in [5.74, 6) is 1.57. The number of tetrazole rings is 1. The van der Waals surface area contributed by atoms with Gasteiger partial charge in [-0.3, -0.25) is 4.79 Å². The quantitative estimate of drug-likeness (QED) is 0.623. The lowest BCUT2D eigenvalue weighted by molar-refractivity contribution is 0.0944. The Morgan fingerprint density at radius 2 is 2.07 bits per heavy atom. The zero-order chi connectivity index (χ0) is 20.1. The van der Waals surface area contributed by atoms with Crippen molar-refractivity contribution < 1.29 is 14.3 Å². The normalized spacial score (nSPS) is 12.0. The number of aromatic nitrogens is 4. The molecule has 148 valence electrons. The van der Waals surface area contributed by atoms with Crippen LogP contribution in [0.4, 0.5) is 0 Å². The number of methoxy groups -OCH3 is 1. The maximum absolute atomic E-state index is 12.8. The summed E-state index contributed by atoms with van der Waals surface area (Å²) in [5, 5.41) is 15.9. The SMILES string of the molecule is COc1cc(C(C)NC(=O)c2sccc2-n2cnnn2)ccc1OCC(C)C. The Morgan fingerprint density at radius 3 is 2.75 bits per heavy atom. The van der Waals surface area contributed by atoms with Crippen LogP contribution in [0.1, 0.15) is 42.0 Å². The summed E-state index contributed by atoms with van der Waals surface area (Å²) in [6.45, 7) is 6.71. The van der Waals surface area contributed by atoms with Crippen LogP contribution in [0.2, 0.25) is 0 Å². The minimum atomic E-state index is -0.218. The number of hydrogen-bond acceptors (Lipinski definition) is 7. The smallest absolute Gasteiger partial charge is 0.264 e. The summed E-state index contributed by atoms with van der Waals surface area (Å²) >= 11 is 1.34. The molecule has 0 aliphatic heterocycles. The third-order valence-electron chi connectivity index (χ3n) is 4.05. The fraction of sp³-hybridized carbons (Fsp3) is 0.368. The predicted molar refractivity (Wildman–Crippen MR) is 106 cm³/mol. The Morgan fingerprint density at radius 1 is 1.25 bits per heavy atom. The first-order valence-electron chi connectivity index (χ1n) is 8.92. The molecular weight excluding hydrogens is 378 g/mol. The maximum Gasteiger partial charge on any atom is 0.264 e. The molecule has 0 fully saturated rings. The minimum Gasteiger partial charge on any atom is -0.493 e. The number of amides is 1. The van der Waals surface area contributed by atoms with Crippen LogP contribution in [0.15, 0.2) is 36.0 Å². The van der Waals surface area contributed by atoms with Crippen molar-refractivity contribution in [3.63, 3.8) is 0 Å². The number of rotatable bonds is 8. The molecule has 9 heteroatoms. The van der Waals surface area contributed by atoms with Crippen molar-refractivity contribution >= 4 is 17.2 Å². The molecule has 1 unspecified atom stereocenters. The molecule has 0 spiro atoms. The van der Waals surface area contributed by atoms with Crippen molar-refractivity contribution in [1.82, 2.24) is 25.5 Å². The molecule has 0 aliphatic rings. The van der Waals surface area contributed by atoms with Gasteiger partial charge >= 0.3 is 0 Å². The number of thiophene rings is 1. The molecule has 0 bridgehead atoms. The first kappa shape index (κ1) is 19.8.